The first-order chi connectivity index (χ1) is 18.3. The van der Waals surface area contributed by atoms with Gasteiger partial charge in [-0.2, -0.15) is 4.31 Å². The third-order valence-electron chi connectivity index (χ3n) is 6.99. The van der Waals surface area contributed by atoms with E-state index in [9.17, 15) is 22.4 Å². The largest absolute Gasteiger partial charge is 0.340 e. The summed E-state index contributed by atoms with van der Waals surface area (Å²) in [4.78, 5) is 33.1. The Kier molecular flexibility index (Phi) is 7.30. The Morgan fingerprint density at radius 2 is 1.74 bits per heavy atom. The van der Waals surface area contributed by atoms with E-state index in [4.69, 9.17) is 23.2 Å². The number of piperazine rings is 1. The van der Waals surface area contributed by atoms with Crippen molar-refractivity contribution < 1.29 is 22.4 Å². The molecule has 0 saturated carbocycles. The minimum atomic E-state index is -4.13. The van der Waals surface area contributed by atoms with Crippen molar-refractivity contribution in [2.24, 2.45) is 0 Å². The second-order valence-corrected chi connectivity index (χ2v) is 13.2. The number of sulfonamides is 1. The predicted octanol–water partition coefficient (Wildman–Crippen LogP) is 4.58. The molecule has 1 aromatic heterocycles. The Balaban J connectivity index is 1.63. The molecule has 9 nitrogen and oxygen atoms in total. The molecule has 2 aromatic carbocycles. The molecule has 2 aliphatic heterocycles. The molecular formula is C25H23BrCl2FN5O4S. The van der Waals surface area contributed by atoms with Crippen molar-refractivity contribution in [1.29, 1.82) is 0 Å². The van der Waals surface area contributed by atoms with Gasteiger partial charge in [-0.25, -0.2) is 22.7 Å². The number of carbonyl (C=O) groups is 2. The molecule has 0 spiro atoms. The highest BCUT2D eigenvalue weighted by molar-refractivity contribution is 9.10. The quantitative estimate of drug-likeness (QED) is 0.400. The summed E-state index contributed by atoms with van der Waals surface area (Å²) in [6, 6.07) is 9.07. The van der Waals surface area contributed by atoms with E-state index in [0.29, 0.717) is 11.3 Å². The maximum Gasteiger partial charge on any atom is 0.260 e. The van der Waals surface area contributed by atoms with Crippen molar-refractivity contribution in [3.63, 3.8) is 0 Å². The third kappa shape index (κ3) is 4.86. The first kappa shape index (κ1) is 28.0. The van der Waals surface area contributed by atoms with Gasteiger partial charge in [0.1, 0.15) is 11.4 Å². The van der Waals surface area contributed by atoms with Crippen LogP contribution >= 0.6 is 39.1 Å². The molecule has 3 heterocycles. The Labute approximate surface area is 243 Å². The molecule has 1 unspecified atom stereocenters. The van der Waals surface area contributed by atoms with Crippen molar-refractivity contribution >= 4 is 72.6 Å². The first-order valence-electron chi connectivity index (χ1n) is 11.9. The summed E-state index contributed by atoms with van der Waals surface area (Å²) in [7, 11) is -4.13. The number of halogens is 4. The van der Waals surface area contributed by atoms with Crippen molar-refractivity contribution in [1.82, 2.24) is 18.8 Å². The van der Waals surface area contributed by atoms with Gasteiger partial charge in [-0.3, -0.25) is 14.2 Å². The number of hydrogen-bond donors (Lipinski definition) is 0. The summed E-state index contributed by atoms with van der Waals surface area (Å²) < 4.78 is 45.2. The van der Waals surface area contributed by atoms with E-state index in [1.54, 1.807) is 17.9 Å². The lowest BCUT2D eigenvalue weighted by atomic mass is 9.92. The Morgan fingerprint density at radius 1 is 1.10 bits per heavy atom. The number of amides is 2. The van der Waals surface area contributed by atoms with Gasteiger partial charge >= 0.3 is 0 Å². The lowest BCUT2D eigenvalue weighted by molar-refractivity contribution is -0.130. The SMILES string of the molecule is CC(=O)N1CCN(S(=O)(=O)c2cnc3n2C(C)(Cc2ccc(Br)c(F)c2)C(=O)N3c2cc(Cl)cc(Cl)c2)CC1. The maximum atomic E-state index is 14.4. The maximum absolute atomic E-state index is 14.4. The molecule has 0 bridgehead atoms. The average Bonchev–Trinajstić information content (AvgIpc) is 3.39. The van der Waals surface area contributed by atoms with Crippen LogP contribution in [0.1, 0.15) is 19.4 Å². The van der Waals surface area contributed by atoms with Crippen LogP contribution in [0.25, 0.3) is 0 Å². The summed E-state index contributed by atoms with van der Waals surface area (Å²) in [6.07, 6.45) is 1.19. The molecular weight excluding hydrogens is 636 g/mol. The highest BCUT2D eigenvalue weighted by Crippen LogP contribution is 2.45. The first-order valence-corrected chi connectivity index (χ1v) is 14.9. The van der Waals surface area contributed by atoms with E-state index in [0.717, 1.165) is 0 Å². The molecule has 206 valence electrons. The standard InChI is InChI=1S/C25H23BrCl2FN5O4S/c1-15(35)31-5-7-32(8-6-31)39(37,38)22-14-30-24-33(19-11-17(27)10-18(28)12-19)23(36)25(2,34(22)24)13-16-3-4-20(26)21(29)9-16/h3-4,9-12,14H,5-8,13H2,1-2H3. The molecule has 0 N–H and O–H groups in total. The van der Waals surface area contributed by atoms with Crippen LogP contribution in [0.2, 0.25) is 10.0 Å². The summed E-state index contributed by atoms with van der Waals surface area (Å²) in [5.74, 6) is -1.06. The highest BCUT2D eigenvalue weighted by atomic mass is 79.9. The van der Waals surface area contributed by atoms with Gasteiger partial charge in [0.15, 0.2) is 5.03 Å². The number of carbonyl (C=O) groups excluding carboxylic acids is 2. The number of nitrogens with zero attached hydrogens (tertiary/aromatic N) is 5. The van der Waals surface area contributed by atoms with Crippen LogP contribution in [0, 0.1) is 5.82 Å². The van der Waals surface area contributed by atoms with E-state index in [1.165, 1.54) is 57.2 Å². The zero-order valence-electron chi connectivity index (χ0n) is 20.9. The average molecular weight is 659 g/mol. The van der Waals surface area contributed by atoms with Crippen molar-refractivity contribution in [3.8, 4) is 0 Å². The highest BCUT2D eigenvalue weighted by Gasteiger charge is 2.52. The smallest absolute Gasteiger partial charge is 0.260 e. The minimum absolute atomic E-state index is 0.0230. The van der Waals surface area contributed by atoms with Crippen molar-refractivity contribution in [3.05, 3.63) is 68.5 Å². The second-order valence-electron chi connectivity index (χ2n) is 9.61. The van der Waals surface area contributed by atoms with Gasteiger partial charge in [0.2, 0.25) is 11.9 Å². The molecule has 2 amide bonds. The van der Waals surface area contributed by atoms with E-state index in [2.05, 4.69) is 20.9 Å². The number of rotatable bonds is 5. The van der Waals surface area contributed by atoms with Crippen LogP contribution in [0.5, 0.6) is 0 Å². The van der Waals surface area contributed by atoms with E-state index in [1.807, 2.05) is 0 Å². The molecule has 2 aliphatic rings. The Bertz CT molecular complexity index is 1590. The molecule has 1 saturated heterocycles. The fraction of sp³-hybridized carbons (Fsp3) is 0.320. The fourth-order valence-electron chi connectivity index (χ4n) is 5.04. The summed E-state index contributed by atoms with van der Waals surface area (Å²) in [5, 5.41) is 0.379. The van der Waals surface area contributed by atoms with Gasteiger partial charge in [0, 0.05) is 49.6 Å². The van der Waals surface area contributed by atoms with Crippen molar-refractivity contribution in [2.45, 2.75) is 30.8 Å². The minimum Gasteiger partial charge on any atom is -0.340 e. The van der Waals surface area contributed by atoms with E-state index >= 15 is 0 Å². The van der Waals surface area contributed by atoms with Gasteiger partial charge in [-0.1, -0.05) is 29.3 Å². The number of benzene rings is 2. The number of anilines is 2. The van der Waals surface area contributed by atoms with Crippen LogP contribution < -0.4 is 4.90 Å². The van der Waals surface area contributed by atoms with E-state index in [-0.39, 0.29) is 64.0 Å². The van der Waals surface area contributed by atoms with Gasteiger partial charge in [-0.05, 0) is 58.7 Å². The Morgan fingerprint density at radius 3 is 2.33 bits per heavy atom. The van der Waals surface area contributed by atoms with Crippen molar-refractivity contribution in [2.75, 3.05) is 31.1 Å². The monoisotopic (exact) mass is 657 g/mol. The van der Waals surface area contributed by atoms with Crippen LogP contribution in [-0.4, -0.2) is 65.2 Å². The predicted molar refractivity (Wildman–Crippen MR) is 148 cm³/mol. The zero-order chi connectivity index (χ0) is 28.3. The molecule has 1 atom stereocenters. The molecule has 0 radical (unpaired) electrons. The molecule has 39 heavy (non-hydrogen) atoms. The van der Waals surface area contributed by atoms with Gasteiger partial charge in [-0.15, -0.1) is 0 Å². The van der Waals surface area contributed by atoms with E-state index < -0.39 is 27.3 Å². The van der Waals surface area contributed by atoms with Crippen LogP contribution in [0.3, 0.4) is 0 Å². The van der Waals surface area contributed by atoms with Gasteiger partial charge < -0.3 is 4.90 Å². The van der Waals surface area contributed by atoms with Crippen LogP contribution in [-0.2, 0) is 31.6 Å². The third-order valence-corrected chi connectivity index (χ3v) is 9.94. The number of aromatic nitrogens is 2. The Hall–Kier alpha value is -2.51. The van der Waals surface area contributed by atoms with Gasteiger partial charge in [0.05, 0.1) is 16.4 Å². The molecule has 1 fully saturated rings. The summed E-state index contributed by atoms with van der Waals surface area (Å²) in [5.41, 5.74) is -0.700. The topological polar surface area (TPSA) is 95.8 Å². The zero-order valence-corrected chi connectivity index (χ0v) is 24.8. The number of imidazole rings is 1. The molecule has 0 aliphatic carbocycles. The fourth-order valence-corrected chi connectivity index (χ4v) is 7.41. The van der Waals surface area contributed by atoms with Crippen LogP contribution in [0.15, 0.2) is 52.1 Å². The summed E-state index contributed by atoms with van der Waals surface area (Å²) >= 11 is 15.6. The lowest BCUT2D eigenvalue weighted by Crippen LogP contribution is -2.50. The molecule has 5 rings (SSSR count). The van der Waals surface area contributed by atoms with Gasteiger partial charge in [0.25, 0.3) is 15.9 Å². The second kappa shape index (κ2) is 10.2. The molecule has 3 aromatic rings. The number of hydrogen-bond acceptors (Lipinski definition) is 5. The summed E-state index contributed by atoms with van der Waals surface area (Å²) in [6.45, 7) is 3.72. The lowest BCUT2D eigenvalue weighted by Gasteiger charge is -2.34. The van der Waals surface area contributed by atoms with Crippen LogP contribution in [0.4, 0.5) is 16.0 Å². The normalized spacial score (nSPS) is 20.0. The molecule has 14 heteroatoms. The number of fused-ring (bicyclic) bond motifs is 1.